The number of aliphatic hydroxyl groups excluding tert-OH is 1. The number of ether oxygens (including phenoxy) is 2. The van der Waals surface area contributed by atoms with E-state index in [-0.39, 0.29) is 36.5 Å². The first-order valence-electron chi connectivity index (χ1n) is 16.4. The molecule has 1 aliphatic rings. The quantitative estimate of drug-likeness (QED) is 0.122. The summed E-state index contributed by atoms with van der Waals surface area (Å²) in [5.74, 6) is 0.561. The molecule has 0 bridgehead atoms. The van der Waals surface area contributed by atoms with E-state index in [0.717, 1.165) is 44.0 Å². The summed E-state index contributed by atoms with van der Waals surface area (Å²) in [5.41, 5.74) is 7.29. The van der Waals surface area contributed by atoms with Crippen LogP contribution in [-0.4, -0.2) is 28.8 Å². The van der Waals surface area contributed by atoms with E-state index in [0.29, 0.717) is 17.9 Å². The van der Waals surface area contributed by atoms with Gasteiger partial charge in [-0.15, -0.1) is 11.8 Å². The van der Waals surface area contributed by atoms with Gasteiger partial charge >= 0.3 is 0 Å². The second kappa shape index (κ2) is 16.1. The smallest absolute Gasteiger partial charge is 0.251 e. The van der Waals surface area contributed by atoms with Crippen LogP contribution in [0.3, 0.4) is 0 Å². The molecule has 1 heterocycles. The molecule has 1 fully saturated rings. The van der Waals surface area contributed by atoms with Crippen LogP contribution in [-0.2, 0) is 27.4 Å². The molecule has 7 nitrogen and oxygen atoms in total. The number of hydrogen-bond donors (Lipinski definition) is 3. The van der Waals surface area contributed by atoms with Crippen molar-refractivity contribution in [2.45, 2.75) is 50.4 Å². The van der Waals surface area contributed by atoms with Gasteiger partial charge in [0.25, 0.3) is 5.91 Å². The second-order valence-electron chi connectivity index (χ2n) is 12.2. The van der Waals surface area contributed by atoms with Crippen molar-refractivity contribution >= 4 is 29.3 Å². The van der Waals surface area contributed by atoms with Gasteiger partial charge in [0, 0.05) is 46.8 Å². The Morgan fingerprint density at radius 1 is 0.776 bits per heavy atom. The molecule has 6 rings (SSSR count). The lowest BCUT2D eigenvalue weighted by Crippen LogP contribution is -2.38. The third-order valence-electron chi connectivity index (χ3n) is 8.70. The van der Waals surface area contributed by atoms with E-state index in [1.54, 1.807) is 23.9 Å². The predicted molar refractivity (Wildman–Crippen MR) is 194 cm³/mol. The zero-order valence-corrected chi connectivity index (χ0v) is 28.4. The fourth-order valence-electron chi connectivity index (χ4n) is 5.97. The van der Waals surface area contributed by atoms with Crippen LogP contribution in [0.2, 0.25) is 0 Å². The van der Waals surface area contributed by atoms with Crippen LogP contribution in [0.5, 0.6) is 0 Å². The Labute approximate surface area is 291 Å². The molecule has 4 atom stereocenters. The number of carbonyl (C=O) groups is 2. The first-order valence-corrected chi connectivity index (χ1v) is 17.4. The molecule has 2 amide bonds. The van der Waals surface area contributed by atoms with Gasteiger partial charge in [0.05, 0.1) is 18.8 Å². The summed E-state index contributed by atoms with van der Waals surface area (Å²) < 4.78 is 13.3. The minimum atomic E-state index is -0.582. The fourth-order valence-corrected chi connectivity index (χ4v) is 7.04. The normalized spacial score (nSPS) is 18.8. The fraction of sp³-hybridized carbons (Fsp3) is 0.220. The van der Waals surface area contributed by atoms with Gasteiger partial charge in [-0.3, -0.25) is 9.59 Å². The van der Waals surface area contributed by atoms with Crippen molar-refractivity contribution in [2.75, 3.05) is 11.1 Å². The number of nitrogens with one attached hydrogen (secondary N) is 2. The highest BCUT2D eigenvalue weighted by molar-refractivity contribution is 7.99. The Hall–Kier alpha value is -4.73. The Morgan fingerprint density at radius 3 is 2.14 bits per heavy atom. The van der Waals surface area contributed by atoms with Gasteiger partial charge in [0.15, 0.2) is 6.29 Å². The third kappa shape index (κ3) is 8.66. The van der Waals surface area contributed by atoms with E-state index in [9.17, 15) is 14.7 Å². The van der Waals surface area contributed by atoms with E-state index in [1.165, 1.54) is 6.92 Å². The average Bonchev–Trinajstić information content (AvgIpc) is 3.14. The van der Waals surface area contributed by atoms with Crippen molar-refractivity contribution in [3.8, 4) is 11.1 Å². The SMILES string of the molecule is CC(=O)Nc1ccc(SCC2OC(c3ccc(-c4ccccc4CNC(=O)c4ccccc4)cc3)OC(c3ccc(CO)cc3)C2C)cc1. The highest BCUT2D eigenvalue weighted by Crippen LogP contribution is 2.43. The molecule has 4 unspecified atom stereocenters. The van der Waals surface area contributed by atoms with E-state index in [1.807, 2.05) is 97.1 Å². The Bertz CT molecular complexity index is 1850. The van der Waals surface area contributed by atoms with E-state index in [4.69, 9.17) is 9.47 Å². The Balaban J connectivity index is 1.19. The number of anilines is 1. The van der Waals surface area contributed by atoms with Gasteiger partial charge in [-0.1, -0.05) is 97.9 Å². The molecule has 5 aromatic carbocycles. The van der Waals surface area contributed by atoms with Crippen molar-refractivity contribution in [3.63, 3.8) is 0 Å². The number of thioether (sulfide) groups is 1. The van der Waals surface area contributed by atoms with Crippen molar-refractivity contribution in [1.82, 2.24) is 5.32 Å². The first-order chi connectivity index (χ1) is 23.9. The van der Waals surface area contributed by atoms with Crippen molar-refractivity contribution in [2.24, 2.45) is 5.92 Å². The molecule has 0 spiro atoms. The molecule has 3 N–H and O–H groups in total. The molecular weight excluding hydrogens is 633 g/mol. The van der Waals surface area contributed by atoms with Crippen LogP contribution < -0.4 is 10.6 Å². The summed E-state index contributed by atoms with van der Waals surface area (Å²) in [6.07, 6.45) is -0.913. The molecule has 8 heteroatoms. The minimum Gasteiger partial charge on any atom is -0.392 e. The molecule has 49 heavy (non-hydrogen) atoms. The summed E-state index contributed by atoms with van der Waals surface area (Å²) in [4.78, 5) is 25.2. The van der Waals surface area contributed by atoms with Gasteiger partial charge in [-0.2, -0.15) is 0 Å². The standard InChI is InChI=1S/C41H40N2O5S/c1-27-38(26-49-36-22-20-35(21-23-36)43-28(2)45)47-41(48-39(27)31-14-12-29(25-44)13-15-31)33-18-16-30(17-19-33)37-11-7-6-10-34(37)24-42-40(46)32-8-4-3-5-9-32/h3-23,27,38-39,41,44H,24-26H2,1-2H3,(H,42,46)(H,43,45). The second-order valence-corrected chi connectivity index (χ2v) is 13.3. The zero-order chi connectivity index (χ0) is 34.2. The Kier molecular flexibility index (Phi) is 11.2. The first kappa shape index (κ1) is 34.1. The zero-order valence-electron chi connectivity index (χ0n) is 27.5. The number of hydrogen-bond acceptors (Lipinski definition) is 6. The number of amides is 2. The van der Waals surface area contributed by atoms with Crippen LogP contribution in [0.1, 0.15) is 58.9 Å². The Morgan fingerprint density at radius 2 is 1.45 bits per heavy atom. The number of carbonyl (C=O) groups excluding carboxylic acids is 2. The molecular formula is C41H40N2O5S. The van der Waals surface area contributed by atoms with Gasteiger partial charge in [0.1, 0.15) is 0 Å². The predicted octanol–water partition coefficient (Wildman–Crippen LogP) is 8.32. The van der Waals surface area contributed by atoms with E-state index >= 15 is 0 Å². The maximum Gasteiger partial charge on any atom is 0.251 e. The molecule has 0 saturated carbocycles. The number of aliphatic hydroxyl groups is 1. The molecule has 0 aliphatic carbocycles. The number of benzene rings is 5. The highest BCUT2D eigenvalue weighted by Gasteiger charge is 2.38. The molecule has 0 radical (unpaired) electrons. The molecule has 250 valence electrons. The van der Waals surface area contributed by atoms with Gasteiger partial charge in [-0.25, -0.2) is 0 Å². The monoisotopic (exact) mass is 672 g/mol. The molecule has 5 aromatic rings. The van der Waals surface area contributed by atoms with Gasteiger partial charge in [0.2, 0.25) is 5.91 Å². The topological polar surface area (TPSA) is 96.9 Å². The van der Waals surface area contributed by atoms with Crippen LogP contribution in [0.4, 0.5) is 5.69 Å². The summed E-state index contributed by atoms with van der Waals surface area (Å²) >= 11 is 1.71. The van der Waals surface area contributed by atoms with Crippen LogP contribution in [0, 0.1) is 5.92 Å². The maximum absolute atomic E-state index is 12.7. The van der Waals surface area contributed by atoms with Crippen LogP contribution in [0.25, 0.3) is 11.1 Å². The molecule has 1 aliphatic heterocycles. The lowest BCUT2D eigenvalue weighted by Gasteiger charge is -2.41. The van der Waals surface area contributed by atoms with Crippen LogP contribution in [0.15, 0.2) is 132 Å². The summed E-state index contributed by atoms with van der Waals surface area (Å²) in [7, 11) is 0. The van der Waals surface area contributed by atoms with E-state index < -0.39 is 6.29 Å². The maximum atomic E-state index is 12.7. The largest absolute Gasteiger partial charge is 0.392 e. The van der Waals surface area contributed by atoms with Gasteiger partial charge < -0.3 is 25.2 Å². The minimum absolute atomic E-state index is 0.0119. The summed E-state index contributed by atoms with van der Waals surface area (Å²) in [6.45, 7) is 4.05. The van der Waals surface area contributed by atoms with Crippen molar-refractivity contribution in [1.29, 1.82) is 0 Å². The molecule has 1 saturated heterocycles. The van der Waals surface area contributed by atoms with Crippen molar-refractivity contribution in [3.05, 3.63) is 155 Å². The van der Waals surface area contributed by atoms with E-state index in [2.05, 4.69) is 35.8 Å². The lowest BCUT2D eigenvalue weighted by molar-refractivity contribution is -0.268. The molecule has 0 aromatic heterocycles. The van der Waals surface area contributed by atoms with Crippen LogP contribution >= 0.6 is 11.8 Å². The van der Waals surface area contributed by atoms with Crippen molar-refractivity contribution < 1.29 is 24.2 Å². The average molecular weight is 673 g/mol. The highest BCUT2D eigenvalue weighted by atomic mass is 32.2. The number of rotatable bonds is 11. The lowest BCUT2D eigenvalue weighted by atomic mass is 9.91. The third-order valence-corrected chi connectivity index (χ3v) is 9.80. The summed E-state index contributed by atoms with van der Waals surface area (Å²) in [5, 5.41) is 15.5. The van der Waals surface area contributed by atoms with Gasteiger partial charge in [-0.05, 0) is 64.2 Å². The summed E-state index contributed by atoms with van der Waals surface area (Å²) in [6, 6.07) is 41.3.